The highest BCUT2D eigenvalue weighted by atomic mass is 35.5. The van der Waals surface area contributed by atoms with E-state index in [2.05, 4.69) is 15.0 Å². The van der Waals surface area contributed by atoms with Crippen LogP contribution in [-0.4, -0.2) is 31.6 Å². The zero-order valence-corrected chi connectivity index (χ0v) is 17.2. The Labute approximate surface area is 169 Å². The minimum absolute atomic E-state index is 0.330. The van der Waals surface area contributed by atoms with E-state index in [1.807, 2.05) is 24.3 Å². The number of rotatable bonds is 4. The summed E-state index contributed by atoms with van der Waals surface area (Å²) < 4.78 is 27.5. The Balaban J connectivity index is 1.60. The Bertz CT molecular complexity index is 1150. The lowest BCUT2D eigenvalue weighted by Gasteiger charge is -2.22. The van der Waals surface area contributed by atoms with Crippen LogP contribution >= 0.6 is 34.5 Å². The molecule has 27 heavy (non-hydrogen) atoms. The van der Waals surface area contributed by atoms with Crippen LogP contribution in [0.5, 0.6) is 0 Å². The molecule has 1 unspecified atom stereocenters. The van der Waals surface area contributed by atoms with Crippen molar-refractivity contribution in [2.75, 3.05) is 6.26 Å². The van der Waals surface area contributed by atoms with E-state index in [1.54, 1.807) is 6.07 Å². The standard InChI is InChI=1S/C17H15Cl2N3O3S2/c1-27(24,25)22-14-9-5-3-2-4-8(9)6-10(14)21-17(23)11-7-12-15(20-11)13(18)16(19)26-12/h2-5,7,10,14,20,22H,6H2,1H3,(H,21,23)/t10-,14?/m1/s1. The molecule has 4 rings (SSSR count). The highest BCUT2D eigenvalue weighted by Gasteiger charge is 2.35. The fourth-order valence-electron chi connectivity index (χ4n) is 3.39. The smallest absolute Gasteiger partial charge is 0.268 e. The van der Waals surface area contributed by atoms with Gasteiger partial charge in [-0.3, -0.25) is 4.79 Å². The molecule has 0 bridgehead atoms. The van der Waals surface area contributed by atoms with Gasteiger partial charge in [-0.15, -0.1) is 11.3 Å². The van der Waals surface area contributed by atoms with Gasteiger partial charge in [0.15, 0.2) is 0 Å². The highest BCUT2D eigenvalue weighted by Crippen LogP contribution is 2.39. The van der Waals surface area contributed by atoms with Crippen molar-refractivity contribution in [3.8, 4) is 0 Å². The molecule has 0 aliphatic heterocycles. The van der Waals surface area contributed by atoms with Crippen LogP contribution in [0.25, 0.3) is 10.2 Å². The largest absolute Gasteiger partial charge is 0.349 e. The van der Waals surface area contributed by atoms with E-state index >= 15 is 0 Å². The van der Waals surface area contributed by atoms with Gasteiger partial charge in [0.1, 0.15) is 10.0 Å². The topological polar surface area (TPSA) is 91.1 Å². The van der Waals surface area contributed by atoms with Crippen LogP contribution < -0.4 is 10.0 Å². The molecule has 1 aromatic carbocycles. The molecule has 3 aromatic rings. The number of nitrogens with one attached hydrogen (secondary N) is 3. The van der Waals surface area contributed by atoms with Crippen molar-refractivity contribution in [1.29, 1.82) is 0 Å². The Morgan fingerprint density at radius 2 is 2.04 bits per heavy atom. The molecule has 3 N–H and O–H groups in total. The van der Waals surface area contributed by atoms with Crippen LogP contribution in [0.15, 0.2) is 30.3 Å². The summed E-state index contributed by atoms with van der Waals surface area (Å²) in [5.41, 5.74) is 2.85. The number of thiophene rings is 1. The third kappa shape index (κ3) is 3.60. The number of aromatic amines is 1. The number of benzene rings is 1. The van der Waals surface area contributed by atoms with Gasteiger partial charge in [-0.2, -0.15) is 0 Å². The molecule has 2 atom stereocenters. The molecule has 2 heterocycles. The molecule has 0 saturated carbocycles. The van der Waals surface area contributed by atoms with Crippen LogP contribution in [0.1, 0.15) is 27.7 Å². The first-order valence-electron chi connectivity index (χ1n) is 8.05. The van der Waals surface area contributed by atoms with Crippen LogP contribution in [0.4, 0.5) is 0 Å². The molecule has 6 nitrogen and oxygen atoms in total. The molecule has 0 spiro atoms. The number of amides is 1. The number of carbonyl (C=O) groups is 1. The quantitative estimate of drug-likeness (QED) is 0.576. The van der Waals surface area contributed by atoms with E-state index in [0.29, 0.717) is 27.0 Å². The maximum Gasteiger partial charge on any atom is 0.268 e. The molecule has 0 saturated heterocycles. The number of hydrogen-bond donors (Lipinski definition) is 3. The van der Waals surface area contributed by atoms with Crippen LogP contribution in [0, 0.1) is 0 Å². The molecule has 10 heteroatoms. The second-order valence-corrected chi connectivity index (χ2v) is 10.3. The minimum atomic E-state index is -3.45. The van der Waals surface area contributed by atoms with Crippen molar-refractivity contribution in [3.63, 3.8) is 0 Å². The van der Waals surface area contributed by atoms with Gasteiger partial charge in [-0.1, -0.05) is 47.5 Å². The number of fused-ring (bicyclic) bond motifs is 2. The van der Waals surface area contributed by atoms with E-state index in [0.717, 1.165) is 22.1 Å². The first-order chi connectivity index (χ1) is 12.7. The normalized spacial score (nSPS) is 19.4. The molecule has 142 valence electrons. The van der Waals surface area contributed by atoms with Gasteiger partial charge in [0, 0.05) is 0 Å². The maximum absolute atomic E-state index is 12.7. The second-order valence-electron chi connectivity index (χ2n) is 6.46. The Kier molecular flexibility index (Phi) is 4.72. The van der Waals surface area contributed by atoms with Crippen molar-refractivity contribution >= 4 is 60.7 Å². The van der Waals surface area contributed by atoms with Crippen molar-refractivity contribution in [3.05, 3.63) is 56.5 Å². The summed E-state index contributed by atoms with van der Waals surface area (Å²) >= 11 is 13.4. The summed E-state index contributed by atoms with van der Waals surface area (Å²) in [6, 6.07) is 8.32. The van der Waals surface area contributed by atoms with E-state index in [9.17, 15) is 13.2 Å². The summed E-state index contributed by atoms with van der Waals surface area (Å²) in [5, 5.41) is 3.32. The molecule has 1 amide bonds. The minimum Gasteiger partial charge on any atom is -0.349 e. The van der Waals surface area contributed by atoms with E-state index < -0.39 is 22.1 Å². The number of hydrogen-bond acceptors (Lipinski definition) is 4. The SMILES string of the molecule is CS(=O)(=O)NC1c2ccccc2C[C@H]1NC(=O)c1cc2sc(Cl)c(Cl)c2[nH]1. The lowest BCUT2D eigenvalue weighted by Crippen LogP contribution is -2.44. The van der Waals surface area contributed by atoms with Gasteiger partial charge in [-0.05, 0) is 23.6 Å². The maximum atomic E-state index is 12.7. The number of halogens is 2. The Morgan fingerprint density at radius 3 is 2.74 bits per heavy atom. The number of aromatic nitrogens is 1. The summed E-state index contributed by atoms with van der Waals surface area (Å²) in [6.45, 7) is 0. The molecule has 2 aromatic heterocycles. The van der Waals surface area contributed by atoms with Crippen molar-refractivity contribution in [1.82, 2.24) is 15.0 Å². The van der Waals surface area contributed by atoms with Gasteiger partial charge in [0.05, 0.1) is 33.6 Å². The van der Waals surface area contributed by atoms with Gasteiger partial charge in [0.25, 0.3) is 5.91 Å². The fourth-order valence-corrected chi connectivity index (χ4v) is 5.63. The average Bonchev–Trinajstić information content (AvgIpc) is 3.22. The molecule has 0 radical (unpaired) electrons. The second kappa shape index (κ2) is 6.79. The molecular weight excluding hydrogens is 429 g/mol. The Morgan fingerprint density at radius 1 is 1.30 bits per heavy atom. The zero-order valence-electron chi connectivity index (χ0n) is 14.0. The summed E-state index contributed by atoms with van der Waals surface area (Å²) in [5.74, 6) is -0.330. The fraction of sp³-hybridized carbons (Fsp3) is 0.235. The Hall–Kier alpha value is -1.58. The number of carbonyl (C=O) groups excluding carboxylic acids is 1. The van der Waals surface area contributed by atoms with E-state index in [-0.39, 0.29) is 5.91 Å². The lowest BCUT2D eigenvalue weighted by atomic mass is 10.1. The predicted octanol–water partition coefficient (Wildman–Crippen LogP) is 3.48. The first kappa shape index (κ1) is 18.8. The van der Waals surface area contributed by atoms with Crippen LogP contribution in [0.3, 0.4) is 0 Å². The summed E-state index contributed by atoms with van der Waals surface area (Å²) in [7, 11) is -3.45. The number of sulfonamides is 1. The van der Waals surface area contributed by atoms with Crippen molar-refractivity contribution in [2.45, 2.75) is 18.5 Å². The average molecular weight is 444 g/mol. The van der Waals surface area contributed by atoms with E-state index in [1.165, 1.54) is 11.3 Å². The molecular formula is C17H15Cl2N3O3S2. The van der Waals surface area contributed by atoms with E-state index in [4.69, 9.17) is 23.2 Å². The van der Waals surface area contributed by atoms with Crippen LogP contribution in [-0.2, 0) is 16.4 Å². The molecule has 1 aliphatic carbocycles. The van der Waals surface area contributed by atoms with Gasteiger partial charge in [0.2, 0.25) is 10.0 Å². The summed E-state index contributed by atoms with van der Waals surface area (Å²) in [6.07, 6.45) is 1.65. The van der Waals surface area contributed by atoms with Gasteiger partial charge in [-0.25, -0.2) is 13.1 Å². The highest BCUT2D eigenvalue weighted by molar-refractivity contribution is 7.88. The molecule has 1 aliphatic rings. The number of H-pyrrole nitrogens is 1. The summed E-state index contributed by atoms with van der Waals surface area (Å²) in [4.78, 5) is 15.7. The zero-order chi connectivity index (χ0) is 19.3. The lowest BCUT2D eigenvalue weighted by molar-refractivity contribution is 0.0927. The van der Waals surface area contributed by atoms with Gasteiger partial charge >= 0.3 is 0 Å². The third-order valence-electron chi connectivity index (χ3n) is 4.51. The van der Waals surface area contributed by atoms with Gasteiger partial charge < -0.3 is 10.3 Å². The predicted molar refractivity (Wildman–Crippen MR) is 108 cm³/mol. The first-order valence-corrected chi connectivity index (χ1v) is 11.5. The van der Waals surface area contributed by atoms with Crippen LogP contribution in [0.2, 0.25) is 9.36 Å². The monoisotopic (exact) mass is 443 g/mol. The molecule has 0 fully saturated rings. The van der Waals surface area contributed by atoms with Crippen molar-refractivity contribution < 1.29 is 13.2 Å². The third-order valence-corrected chi connectivity index (χ3v) is 7.12. The van der Waals surface area contributed by atoms with Crippen molar-refractivity contribution in [2.24, 2.45) is 0 Å².